The molecular weight excluding hydrogens is 460 g/mol. The number of benzene rings is 2. The van der Waals surface area contributed by atoms with E-state index in [1.54, 1.807) is 0 Å². The summed E-state index contributed by atoms with van der Waals surface area (Å²) in [4.78, 5) is 18.8. The van der Waals surface area contributed by atoms with Gasteiger partial charge in [0.25, 0.3) is 5.56 Å². The number of aryl methyl sites for hydroxylation is 2. The van der Waals surface area contributed by atoms with Crippen LogP contribution in [-0.4, -0.2) is 36.6 Å². The van der Waals surface area contributed by atoms with Gasteiger partial charge in [-0.3, -0.25) is 9.69 Å². The molecule has 1 aliphatic carbocycles. The van der Waals surface area contributed by atoms with E-state index in [4.69, 9.17) is 0 Å². The fourth-order valence-corrected chi connectivity index (χ4v) is 5.91. The Morgan fingerprint density at radius 3 is 2.62 bits per heavy atom. The normalized spacial score (nSPS) is 15.3. The van der Waals surface area contributed by atoms with Crippen LogP contribution < -0.4 is 5.56 Å². The molecule has 1 saturated carbocycles. The first-order valence-corrected chi connectivity index (χ1v) is 13.6. The zero-order valence-electron chi connectivity index (χ0n) is 22.4. The minimum atomic E-state index is -0.0275. The first kappa shape index (κ1) is 25.3. The molecule has 2 heterocycles. The molecular formula is C30H38N6O. The van der Waals surface area contributed by atoms with Crippen molar-refractivity contribution in [2.45, 2.75) is 78.4 Å². The Balaban J connectivity index is 1.53. The third kappa shape index (κ3) is 5.52. The zero-order valence-corrected chi connectivity index (χ0v) is 22.4. The van der Waals surface area contributed by atoms with E-state index in [0.29, 0.717) is 12.6 Å². The lowest BCUT2D eigenvalue weighted by Gasteiger charge is -2.34. The average Bonchev–Trinajstić information content (AvgIpc) is 3.56. The molecule has 7 heteroatoms. The molecule has 7 nitrogen and oxygen atoms in total. The molecule has 0 bridgehead atoms. The molecule has 0 saturated heterocycles. The number of hydrogen-bond donors (Lipinski definition) is 1. The number of nitrogens with one attached hydrogen (secondary N) is 1. The van der Waals surface area contributed by atoms with Crippen LogP contribution in [0.4, 0.5) is 0 Å². The van der Waals surface area contributed by atoms with Crippen LogP contribution in [0.15, 0.2) is 53.3 Å². The number of pyridine rings is 1. The number of rotatable bonds is 9. The summed E-state index contributed by atoms with van der Waals surface area (Å²) in [6.07, 6.45) is 5.57. The van der Waals surface area contributed by atoms with Crippen molar-refractivity contribution in [3.63, 3.8) is 0 Å². The summed E-state index contributed by atoms with van der Waals surface area (Å²) in [5, 5.41) is 14.2. The highest BCUT2D eigenvalue weighted by atomic mass is 16.1. The van der Waals surface area contributed by atoms with Crippen LogP contribution in [-0.2, 0) is 13.0 Å². The number of aromatic amines is 1. The molecule has 2 aromatic heterocycles. The second-order valence-corrected chi connectivity index (χ2v) is 11.0. The van der Waals surface area contributed by atoms with Crippen LogP contribution in [0.5, 0.6) is 0 Å². The summed E-state index contributed by atoms with van der Waals surface area (Å²) in [6.45, 7) is 9.95. The van der Waals surface area contributed by atoms with Gasteiger partial charge in [-0.05, 0) is 72.0 Å². The molecule has 2 aromatic carbocycles. The van der Waals surface area contributed by atoms with Crippen LogP contribution in [0.2, 0.25) is 0 Å². The van der Waals surface area contributed by atoms with E-state index in [1.165, 1.54) is 24.0 Å². The molecule has 5 rings (SSSR count). The highest BCUT2D eigenvalue weighted by Crippen LogP contribution is 2.34. The highest BCUT2D eigenvalue weighted by Gasteiger charge is 2.32. The summed E-state index contributed by atoms with van der Waals surface area (Å²) in [6, 6.07) is 17.2. The lowest BCUT2D eigenvalue weighted by atomic mass is 9.98. The molecule has 0 radical (unpaired) electrons. The lowest BCUT2D eigenvalue weighted by Crippen LogP contribution is -2.37. The number of para-hydroxylation sites is 1. The molecule has 0 unspecified atom stereocenters. The van der Waals surface area contributed by atoms with Crippen molar-refractivity contribution in [2.75, 3.05) is 6.54 Å². The van der Waals surface area contributed by atoms with E-state index >= 15 is 0 Å². The van der Waals surface area contributed by atoms with E-state index in [2.05, 4.69) is 87.3 Å². The molecule has 0 amide bonds. The maximum absolute atomic E-state index is 13.3. The van der Waals surface area contributed by atoms with Crippen LogP contribution in [0, 0.1) is 19.8 Å². The van der Waals surface area contributed by atoms with Crippen LogP contribution >= 0.6 is 0 Å². The largest absolute Gasteiger partial charge is 0.321 e. The summed E-state index contributed by atoms with van der Waals surface area (Å²) in [7, 11) is 0. The zero-order chi connectivity index (χ0) is 25.9. The molecule has 1 aliphatic rings. The third-order valence-corrected chi connectivity index (χ3v) is 7.79. The smallest absolute Gasteiger partial charge is 0.252 e. The Morgan fingerprint density at radius 2 is 1.86 bits per heavy atom. The van der Waals surface area contributed by atoms with Crippen molar-refractivity contribution >= 4 is 10.9 Å². The van der Waals surface area contributed by atoms with Gasteiger partial charge in [-0.2, -0.15) is 0 Å². The van der Waals surface area contributed by atoms with Crippen molar-refractivity contribution in [3.8, 4) is 0 Å². The molecule has 4 aromatic rings. The van der Waals surface area contributed by atoms with Crippen LogP contribution in [0.3, 0.4) is 0 Å². The second kappa shape index (κ2) is 11.0. The number of H-pyrrole nitrogens is 1. The Bertz CT molecular complexity index is 1420. The average molecular weight is 499 g/mol. The van der Waals surface area contributed by atoms with E-state index in [9.17, 15) is 4.79 Å². The molecule has 1 N–H and O–H groups in total. The van der Waals surface area contributed by atoms with Gasteiger partial charge in [0.15, 0.2) is 5.82 Å². The summed E-state index contributed by atoms with van der Waals surface area (Å²) < 4.78 is 2.07. The van der Waals surface area contributed by atoms with E-state index in [0.717, 1.165) is 53.7 Å². The van der Waals surface area contributed by atoms with Crippen molar-refractivity contribution in [1.82, 2.24) is 30.1 Å². The van der Waals surface area contributed by atoms with Crippen molar-refractivity contribution < 1.29 is 0 Å². The quantitative estimate of drug-likeness (QED) is 0.321. The second-order valence-electron chi connectivity index (χ2n) is 11.0. The fraction of sp³-hybridized carbons (Fsp3) is 0.467. The van der Waals surface area contributed by atoms with Crippen molar-refractivity contribution in [2.24, 2.45) is 5.92 Å². The Labute approximate surface area is 218 Å². The number of hydrogen-bond acceptors (Lipinski definition) is 5. The van der Waals surface area contributed by atoms with Crippen molar-refractivity contribution in [3.05, 3.63) is 87.0 Å². The molecule has 1 fully saturated rings. The summed E-state index contributed by atoms with van der Waals surface area (Å²) in [5.41, 5.74) is 5.29. The van der Waals surface area contributed by atoms with E-state index in [-0.39, 0.29) is 17.5 Å². The van der Waals surface area contributed by atoms with Gasteiger partial charge in [-0.1, -0.05) is 74.7 Å². The maximum Gasteiger partial charge on any atom is 0.252 e. The minimum Gasteiger partial charge on any atom is -0.321 e. The lowest BCUT2D eigenvalue weighted by molar-refractivity contribution is 0.133. The number of nitrogens with zero attached hydrogens (tertiary/aromatic N) is 5. The topological polar surface area (TPSA) is 79.7 Å². The number of tetrazole rings is 1. The van der Waals surface area contributed by atoms with E-state index in [1.807, 2.05) is 19.1 Å². The van der Waals surface area contributed by atoms with Crippen molar-refractivity contribution in [1.29, 1.82) is 0 Å². The Hall–Kier alpha value is -3.32. The molecule has 37 heavy (non-hydrogen) atoms. The minimum absolute atomic E-state index is 0.00647. The van der Waals surface area contributed by atoms with Gasteiger partial charge in [0.1, 0.15) is 0 Å². The monoisotopic (exact) mass is 498 g/mol. The van der Waals surface area contributed by atoms with Gasteiger partial charge in [0.05, 0.1) is 17.6 Å². The van der Waals surface area contributed by atoms with Gasteiger partial charge in [0.2, 0.25) is 0 Å². The third-order valence-electron chi connectivity index (χ3n) is 7.79. The van der Waals surface area contributed by atoms with Gasteiger partial charge >= 0.3 is 0 Å². The Morgan fingerprint density at radius 1 is 1.08 bits per heavy atom. The van der Waals surface area contributed by atoms with Gasteiger partial charge in [-0.25, -0.2) is 4.68 Å². The predicted molar refractivity (Wildman–Crippen MR) is 147 cm³/mol. The van der Waals surface area contributed by atoms with Crippen LogP contribution in [0.25, 0.3) is 10.9 Å². The fourth-order valence-electron chi connectivity index (χ4n) is 5.91. The van der Waals surface area contributed by atoms with E-state index < -0.39 is 0 Å². The summed E-state index contributed by atoms with van der Waals surface area (Å²) in [5.74, 6) is 1.18. The predicted octanol–water partition coefficient (Wildman–Crippen LogP) is 5.69. The molecule has 194 valence electrons. The Kier molecular flexibility index (Phi) is 7.51. The maximum atomic E-state index is 13.3. The first-order chi connectivity index (χ1) is 17.9. The highest BCUT2D eigenvalue weighted by molar-refractivity contribution is 5.81. The first-order valence-electron chi connectivity index (χ1n) is 13.6. The summed E-state index contributed by atoms with van der Waals surface area (Å²) >= 11 is 0. The van der Waals surface area contributed by atoms with Gasteiger partial charge in [-0.15, -0.1) is 5.10 Å². The molecule has 0 spiro atoms. The molecule has 0 aliphatic heterocycles. The van der Waals surface area contributed by atoms with Gasteiger partial charge < -0.3 is 4.98 Å². The van der Waals surface area contributed by atoms with Gasteiger partial charge in [0, 0.05) is 18.7 Å². The standard InChI is InChI=1S/C30H38N6O/c1-20(2)28(29-32-33-34-36(29)26-13-5-6-14-26)35(16-15-23-11-7-9-21(3)17-23)19-25-18-24-12-8-10-22(4)27(24)31-30(25)37/h7-12,17-18,20,26,28H,5-6,13-16,19H2,1-4H3,(H,31,37)/t28-/m1/s1. The molecule has 1 atom stereocenters. The number of aromatic nitrogens is 5. The number of fused-ring (bicyclic) bond motifs is 1. The SMILES string of the molecule is Cc1cccc(CCN(Cc2cc3cccc(C)c3[nH]c2=O)[C@@H](c2nnnn2C2CCCC2)C(C)C)c1. The van der Waals surface area contributed by atoms with Crippen LogP contribution in [0.1, 0.15) is 79.7 Å².